The molecule has 1 aromatic rings. The van der Waals surface area contributed by atoms with Gasteiger partial charge in [-0.05, 0) is 24.6 Å². The highest BCUT2D eigenvalue weighted by Gasteiger charge is 2.06. The van der Waals surface area contributed by atoms with E-state index in [4.69, 9.17) is 9.47 Å². The van der Waals surface area contributed by atoms with E-state index in [0.717, 1.165) is 12.1 Å². The average Bonchev–Trinajstić information content (AvgIpc) is 2.58. The van der Waals surface area contributed by atoms with Crippen molar-refractivity contribution in [1.82, 2.24) is 15.5 Å². The van der Waals surface area contributed by atoms with Crippen molar-refractivity contribution in [3.05, 3.63) is 23.8 Å². The van der Waals surface area contributed by atoms with E-state index in [1.165, 1.54) is 0 Å². The topological polar surface area (TPSA) is 75.2 Å². The van der Waals surface area contributed by atoms with Crippen LogP contribution in [0.2, 0.25) is 0 Å². The molecule has 1 rings (SSSR count). The molecule has 7 heteroatoms. The number of nitrogens with one attached hydrogen (secondary N) is 2. The minimum absolute atomic E-state index is 0.0817. The predicted molar refractivity (Wildman–Crippen MR) is 95.7 cm³/mol. The monoisotopic (exact) mass is 336 g/mol. The summed E-state index contributed by atoms with van der Waals surface area (Å²) in [5.74, 6) is 2.13. The number of hydrogen-bond acceptors (Lipinski definition) is 4. The van der Waals surface area contributed by atoms with Gasteiger partial charge in [0.1, 0.15) is 0 Å². The van der Waals surface area contributed by atoms with Crippen molar-refractivity contribution in [3.63, 3.8) is 0 Å². The Morgan fingerprint density at radius 1 is 1.17 bits per heavy atom. The second-order valence-electron chi connectivity index (χ2n) is 5.35. The lowest BCUT2D eigenvalue weighted by molar-refractivity contribution is -0.128. The van der Waals surface area contributed by atoms with Gasteiger partial charge >= 0.3 is 0 Å². The first-order chi connectivity index (χ1) is 11.5. The van der Waals surface area contributed by atoms with Gasteiger partial charge in [0.05, 0.1) is 20.8 Å². The van der Waals surface area contributed by atoms with Crippen molar-refractivity contribution in [2.45, 2.75) is 19.9 Å². The molecule has 0 atom stereocenters. The van der Waals surface area contributed by atoms with Crippen LogP contribution in [0.4, 0.5) is 0 Å². The van der Waals surface area contributed by atoms with Crippen LogP contribution in [-0.2, 0) is 11.3 Å². The number of guanidine groups is 1. The van der Waals surface area contributed by atoms with E-state index in [2.05, 4.69) is 15.6 Å². The van der Waals surface area contributed by atoms with Gasteiger partial charge in [0.15, 0.2) is 17.5 Å². The Hall–Kier alpha value is -2.44. The number of benzene rings is 1. The maximum absolute atomic E-state index is 11.6. The van der Waals surface area contributed by atoms with Gasteiger partial charge in [-0.1, -0.05) is 6.07 Å². The molecule has 0 unspecified atom stereocenters. The summed E-state index contributed by atoms with van der Waals surface area (Å²) >= 11 is 0. The third kappa shape index (κ3) is 6.36. The van der Waals surface area contributed by atoms with Crippen LogP contribution in [-0.4, -0.2) is 58.2 Å². The number of amides is 1. The molecule has 0 bridgehead atoms. The minimum atomic E-state index is 0.0817. The number of aliphatic imine (C=N–C) groups is 1. The lowest BCUT2D eigenvalue weighted by Crippen LogP contribution is -2.39. The van der Waals surface area contributed by atoms with E-state index in [0.29, 0.717) is 37.0 Å². The van der Waals surface area contributed by atoms with Crippen molar-refractivity contribution < 1.29 is 14.3 Å². The first kappa shape index (κ1) is 19.6. The molecule has 7 nitrogen and oxygen atoms in total. The van der Waals surface area contributed by atoms with Crippen LogP contribution < -0.4 is 20.1 Å². The van der Waals surface area contributed by atoms with E-state index in [9.17, 15) is 4.79 Å². The predicted octanol–water partition coefficient (Wildman–Crippen LogP) is 1.24. The molecule has 0 heterocycles. The van der Waals surface area contributed by atoms with E-state index in [1.54, 1.807) is 33.2 Å². The number of carbonyl (C=O) groups excluding carboxylic acids is 1. The van der Waals surface area contributed by atoms with Crippen LogP contribution >= 0.6 is 0 Å². The average molecular weight is 336 g/mol. The minimum Gasteiger partial charge on any atom is -0.493 e. The number of carbonyl (C=O) groups is 1. The van der Waals surface area contributed by atoms with E-state index >= 15 is 0 Å². The molecule has 2 N–H and O–H groups in total. The molecule has 0 saturated carbocycles. The number of hydrogen-bond donors (Lipinski definition) is 2. The van der Waals surface area contributed by atoms with Gasteiger partial charge in [-0.3, -0.25) is 4.79 Å². The first-order valence-electron chi connectivity index (χ1n) is 7.95. The largest absolute Gasteiger partial charge is 0.493 e. The van der Waals surface area contributed by atoms with Gasteiger partial charge < -0.3 is 25.0 Å². The number of nitrogens with zero attached hydrogens (tertiary/aromatic N) is 2. The van der Waals surface area contributed by atoms with Gasteiger partial charge in [-0.15, -0.1) is 0 Å². The zero-order valence-corrected chi connectivity index (χ0v) is 15.2. The van der Waals surface area contributed by atoms with Crippen LogP contribution in [0.1, 0.15) is 18.9 Å². The molecule has 0 aliphatic heterocycles. The van der Waals surface area contributed by atoms with Crippen LogP contribution in [0.15, 0.2) is 23.2 Å². The molecule has 0 saturated heterocycles. The molecule has 134 valence electrons. The van der Waals surface area contributed by atoms with Crippen molar-refractivity contribution in [2.24, 2.45) is 4.99 Å². The van der Waals surface area contributed by atoms with Gasteiger partial charge in [0.25, 0.3) is 0 Å². The molecule has 1 aromatic carbocycles. The highest BCUT2D eigenvalue weighted by molar-refractivity contribution is 5.81. The van der Waals surface area contributed by atoms with Crippen molar-refractivity contribution in [1.29, 1.82) is 0 Å². The fraction of sp³-hybridized carbons (Fsp3) is 0.529. The number of rotatable bonds is 8. The maximum Gasteiger partial charge on any atom is 0.223 e. The molecule has 24 heavy (non-hydrogen) atoms. The normalized spacial score (nSPS) is 11.0. The lowest BCUT2D eigenvalue weighted by atomic mass is 10.2. The zero-order valence-electron chi connectivity index (χ0n) is 15.2. The SMILES string of the molecule is CCNC(=NCc1ccc(OC)c(OC)c1)NCCC(=O)N(C)C. The maximum atomic E-state index is 11.6. The third-order valence-corrected chi connectivity index (χ3v) is 3.34. The summed E-state index contributed by atoms with van der Waals surface area (Å²) in [6.45, 7) is 3.78. The Kier molecular flexibility index (Phi) is 8.46. The summed E-state index contributed by atoms with van der Waals surface area (Å²) in [7, 11) is 6.72. The summed E-state index contributed by atoms with van der Waals surface area (Å²) in [6.07, 6.45) is 0.424. The molecule has 0 fully saturated rings. The molecule has 0 aliphatic rings. The van der Waals surface area contributed by atoms with Crippen LogP contribution in [0, 0.1) is 0 Å². The highest BCUT2D eigenvalue weighted by atomic mass is 16.5. The Morgan fingerprint density at radius 3 is 2.46 bits per heavy atom. The van der Waals surface area contributed by atoms with Crippen LogP contribution in [0.5, 0.6) is 11.5 Å². The Morgan fingerprint density at radius 2 is 1.88 bits per heavy atom. The standard InChI is InChI=1S/C17H28N4O3/c1-6-18-17(19-10-9-16(22)21(2)3)20-12-13-7-8-14(23-4)15(11-13)24-5/h7-8,11H,6,9-10,12H2,1-5H3,(H2,18,19,20). The molecule has 0 aromatic heterocycles. The quantitative estimate of drug-likeness (QED) is 0.552. The molecule has 0 aliphatic carbocycles. The van der Waals surface area contributed by atoms with Crippen LogP contribution in [0.3, 0.4) is 0 Å². The van der Waals surface area contributed by atoms with Gasteiger partial charge in [0, 0.05) is 33.6 Å². The van der Waals surface area contributed by atoms with E-state index < -0.39 is 0 Å². The second-order valence-corrected chi connectivity index (χ2v) is 5.35. The molecular weight excluding hydrogens is 308 g/mol. The molecule has 0 spiro atoms. The number of ether oxygens (including phenoxy) is 2. The van der Waals surface area contributed by atoms with E-state index in [1.807, 2.05) is 25.1 Å². The lowest BCUT2D eigenvalue weighted by Gasteiger charge is -2.13. The van der Waals surface area contributed by atoms with Gasteiger partial charge in [-0.2, -0.15) is 0 Å². The molecular formula is C17H28N4O3. The first-order valence-corrected chi connectivity index (χ1v) is 7.95. The summed E-state index contributed by atoms with van der Waals surface area (Å²) in [4.78, 5) is 17.7. The van der Waals surface area contributed by atoms with Crippen molar-refractivity contribution in [3.8, 4) is 11.5 Å². The Balaban J connectivity index is 2.66. The summed E-state index contributed by atoms with van der Waals surface area (Å²) in [6, 6.07) is 5.71. The summed E-state index contributed by atoms with van der Waals surface area (Å²) < 4.78 is 10.5. The van der Waals surface area contributed by atoms with Crippen LogP contribution in [0.25, 0.3) is 0 Å². The molecule has 0 radical (unpaired) electrons. The fourth-order valence-electron chi connectivity index (χ4n) is 2.00. The summed E-state index contributed by atoms with van der Waals surface area (Å²) in [5.41, 5.74) is 1.01. The molecule has 1 amide bonds. The Bertz CT molecular complexity index is 559. The van der Waals surface area contributed by atoms with Gasteiger partial charge in [0.2, 0.25) is 5.91 Å². The third-order valence-electron chi connectivity index (χ3n) is 3.34. The van der Waals surface area contributed by atoms with Crippen molar-refractivity contribution >= 4 is 11.9 Å². The van der Waals surface area contributed by atoms with Crippen molar-refractivity contribution in [2.75, 3.05) is 41.4 Å². The van der Waals surface area contributed by atoms with Gasteiger partial charge in [-0.25, -0.2) is 4.99 Å². The second kappa shape index (κ2) is 10.4. The summed E-state index contributed by atoms with van der Waals surface area (Å²) in [5, 5.41) is 6.33. The fourth-order valence-corrected chi connectivity index (χ4v) is 2.00. The zero-order chi connectivity index (χ0) is 17.9. The smallest absolute Gasteiger partial charge is 0.223 e. The Labute approximate surface area is 144 Å². The highest BCUT2D eigenvalue weighted by Crippen LogP contribution is 2.27. The number of methoxy groups -OCH3 is 2. The van der Waals surface area contributed by atoms with E-state index in [-0.39, 0.29) is 5.91 Å².